The predicted octanol–water partition coefficient (Wildman–Crippen LogP) is 4.63. The maximum absolute atomic E-state index is 14.5. The molecule has 6 heteroatoms. The summed E-state index contributed by atoms with van der Waals surface area (Å²) in [6.45, 7) is 3.09. The average Bonchev–Trinajstić information content (AvgIpc) is 3.42. The van der Waals surface area contributed by atoms with Crippen LogP contribution >= 0.6 is 0 Å². The van der Waals surface area contributed by atoms with Gasteiger partial charge in [0.05, 0.1) is 25.0 Å². The van der Waals surface area contributed by atoms with E-state index in [-0.39, 0.29) is 35.7 Å². The summed E-state index contributed by atoms with van der Waals surface area (Å²) in [5.41, 5.74) is 2.73. The van der Waals surface area contributed by atoms with E-state index < -0.39 is 11.7 Å². The normalized spacial score (nSPS) is 31.4. The van der Waals surface area contributed by atoms with Crippen molar-refractivity contribution < 1.29 is 23.8 Å². The van der Waals surface area contributed by atoms with E-state index in [2.05, 4.69) is 6.08 Å². The van der Waals surface area contributed by atoms with Crippen LogP contribution in [0.4, 0.5) is 11.4 Å². The summed E-state index contributed by atoms with van der Waals surface area (Å²) < 4.78 is 17.7. The largest absolute Gasteiger partial charge is 0.462 e. The van der Waals surface area contributed by atoms with Gasteiger partial charge in [-0.3, -0.25) is 14.5 Å². The Balaban J connectivity index is 1.43. The van der Waals surface area contributed by atoms with Crippen molar-refractivity contribution in [3.63, 3.8) is 0 Å². The van der Waals surface area contributed by atoms with E-state index in [0.717, 1.165) is 29.8 Å². The van der Waals surface area contributed by atoms with Crippen molar-refractivity contribution in [2.45, 2.75) is 38.1 Å². The first-order valence-corrected chi connectivity index (χ1v) is 12.2. The van der Waals surface area contributed by atoms with Gasteiger partial charge in [-0.15, -0.1) is 0 Å². The molecule has 2 aliphatic carbocycles. The van der Waals surface area contributed by atoms with Gasteiger partial charge in [0.15, 0.2) is 5.79 Å². The lowest BCUT2D eigenvalue weighted by molar-refractivity contribution is -0.175. The molecule has 0 unspecified atom stereocenters. The first-order chi connectivity index (χ1) is 16.6. The fourth-order valence-corrected chi connectivity index (χ4v) is 6.45. The van der Waals surface area contributed by atoms with Crippen LogP contribution in [0.2, 0.25) is 0 Å². The van der Waals surface area contributed by atoms with E-state index in [1.54, 1.807) is 0 Å². The van der Waals surface area contributed by atoms with Crippen molar-refractivity contribution >= 4 is 23.3 Å². The number of carbonyl (C=O) groups excluding carboxylic acids is 2. The van der Waals surface area contributed by atoms with Gasteiger partial charge in [-0.05, 0) is 43.5 Å². The number of esters is 1. The molecule has 34 heavy (non-hydrogen) atoms. The van der Waals surface area contributed by atoms with Crippen LogP contribution in [0.25, 0.3) is 0 Å². The Morgan fingerprint density at radius 1 is 0.971 bits per heavy atom. The SMILES string of the molecule is C[C@H]1OC(=O)[C@@H]2C=C3CC4(CC[C@H]3[C@H](C(=O)N(c3ccccc3)c3ccccc3)[C@H]12)OCCO4. The van der Waals surface area contributed by atoms with E-state index >= 15 is 0 Å². The molecule has 0 radical (unpaired) electrons. The second-order valence-electron chi connectivity index (χ2n) is 9.79. The minimum atomic E-state index is -0.616. The minimum Gasteiger partial charge on any atom is -0.462 e. The molecule has 4 aliphatic rings. The Morgan fingerprint density at radius 3 is 2.21 bits per heavy atom. The van der Waals surface area contributed by atoms with Crippen molar-refractivity contribution in [2.75, 3.05) is 18.1 Å². The number of carbonyl (C=O) groups is 2. The molecular weight excluding hydrogens is 430 g/mol. The quantitative estimate of drug-likeness (QED) is 0.495. The van der Waals surface area contributed by atoms with E-state index in [1.165, 1.54) is 0 Å². The number of hydrogen-bond acceptors (Lipinski definition) is 5. The number of amides is 1. The molecule has 0 bridgehead atoms. The maximum Gasteiger partial charge on any atom is 0.313 e. The van der Waals surface area contributed by atoms with Crippen LogP contribution < -0.4 is 4.90 Å². The van der Waals surface area contributed by atoms with Crippen molar-refractivity contribution in [1.82, 2.24) is 0 Å². The number of para-hydroxylation sites is 2. The van der Waals surface area contributed by atoms with Crippen LogP contribution in [-0.4, -0.2) is 37.0 Å². The number of benzene rings is 2. The Labute approximate surface area is 199 Å². The molecule has 3 fully saturated rings. The summed E-state index contributed by atoms with van der Waals surface area (Å²) in [4.78, 5) is 29.2. The molecule has 1 saturated carbocycles. The molecule has 1 amide bonds. The highest BCUT2D eigenvalue weighted by Crippen LogP contribution is 2.54. The predicted molar refractivity (Wildman–Crippen MR) is 126 cm³/mol. The number of anilines is 2. The molecular formula is C28H29NO5. The van der Waals surface area contributed by atoms with Gasteiger partial charge in [-0.25, -0.2) is 0 Å². The third kappa shape index (κ3) is 3.48. The number of ether oxygens (including phenoxy) is 3. The lowest BCUT2D eigenvalue weighted by atomic mass is 9.61. The number of cyclic esters (lactones) is 1. The van der Waals surface area contributed by atoms with Crippen LogP contribution in [-0.2, 0) is 23.8 Å². The van der Waals surface area contributed by atoms with Gasteiger partial charge in [0.1, 0.15) is 6.10 Å². The number of nitrogens with zero attached hydrogens (tertiary/aromatic N) is 1. The van der Waals surface area contributed by atoms with Crippen LogP contribution in [0.1, 0.15) is 26.2 Å². The zero-order valence-corrected chi connectivity index (χ0v) is 19.3. The van der Waals surface area contributed by atoms with E-state index in [4.69, 9.17) is 14.2 Å². The number of fused-ring (bicyclic) bond motifs is 2. The summed E-state index contributed by atoms with van der Waals surface area (Å²) in [6, 6.07) is 19.5. The summed E-state index contributed by atoms with van der Waals surface area (Å²) in [7, 11) is 0. The highest BCUT2D eigenvalue weighted by Gasteiger charge is 2.57. The average molecular weight is 460 g/mol. The van der Waals surface area contributed by atoms with Gasteiger partial charge < -0.3 is 14.2 Å². The molecule has 2 aromatic carbocycles. The van der Waals surface area contributed by atoms with Gasteiger partial charge in [0, 0.05) is 30.1 Å². The standard InChI is InChI=1S/C28H29NO5/c1-18-24-23(27(31)34-18)16-19-17-28(32-14-15-33-28)13-12-22(19)25(24)26(30)29(20-8-4-2-5-9-20)21-10-6-3-7-11-21/h2-11,16,18,22-25H,12-15,17H2,1H3/t18-,22-,23-,24-,25+/m1/s1. The van der Waals surface area contributed by atoms with Crippen molar-refractivity contribution in [3.8, 4) is 0 Å². The van der Waals surface area contributed by atoms with Gasteiger partial charge >= 0.3 is 5.97 Å². The second-order valence-corrected chi connectivity index (χ2v) is 9.79. The molecule has 0 N–H and O–H groups in total. The summed E-state index contributed by atoms with van der Waals surface area (Å²) in [6.07, 6.45) is 3.88. The molecule has 1 spiro atoms. The van der Waals surface area contributed by atoms with E-state index in [1.807, 2.05) is 72.5 Å². The monoisotopic (exact) mass is 459 g/mol. The lowest BCUT2D eigenvalue weighted by Crippen LogP contribution is -2.50. The summed E-state index contributed by atoms with van der Waals surface area (Å²) in [5.74, 6) is -1.79. The Kier molecular flexibility index (Phi) is 5.30. The molecule has 2 aliphatic heterocycles. The smallest absolute Gasteiger partial charge is 0.313 e. The molecule has 0 aromatic heterocycles. The summed E-state index contributed by atoms with van der Waals surface area (Å²) in [5, 5.41) is 0. The zero-order chi connectivity index (χ0) is 23.3. The molecule has 6 rings (SSSR count). The minimum absolute atomic E-state index is 0.0114. The molecule has 6 nitrogen and oxygen atoms in total. The van der Waals surface area contributed by atoms with Crippen LogP contribution in [0.15, 0.2) is 72.3 Å². The molecule has 176 valence electrons. The molecule has 2 aromatic rings. The van der Waals surface area contributed by atoms with Gasteiger partial charge in [-0.2, -0.15) is 0 Å². The Morgan fingerprint density at radius 2 is 1.59 bits per heavy atom. The van der Waals surface area contributed by atoms with Crippen molar-refractivity contribution in [2.24, 2.45) is 23.7 Å². The topological polar surface area (TPSA) is 65.1 Å². The molecule has 5 atom stereocenters. The third-order valence-corrected chi connectivity index (χ3v) is 7.91. The van der Waals surface area contributed by atoms with Crippen LogP contribution in [0, 0.1) is 23.7 Å². The van der Waals surface area contributed by atoms with Crippen LogP contribution in [0.3, 0.4) is 0 Å². The van der Waals surface area contributed by atoms with Crippen LogP contribution in [0.5, 0.6) is 0 Å². The van der Waals surface area contributed by atoms with Gasteiger partial charge in [-0.1, -0.05) is 48.0 Å². The highest BCUT2D eigenvalue weighted by molar-refractivity contribution is 6.03. The first-order valence-electron chi connectivity index (χ1n) is 12.2. The van der Waals surface area contributed by atoms with E-state index in [0.29, 0.717) is 19.6 Å². The van der Waals surface area contributed by atoms with Gasteiger partial charge in [0.2, 0.25) is 5.91 Å². The molecule has 2 heterocycles. The zero-order valence-electron chi connectivity index (χ0n) is 19.3. The fourth-order valence-electron chi connectivity index (χ4n) is 6.45. The number of hydrogen-bond donors (Lipinski definition) is 0. The first kappa shape index (κ1) is 21.6. The number of rotatable bonds is 3. The fraction of sp³-hybridized carbons (Fsp3) is 0.429. The maximum atomic E-state index is 14.5. The Hall–Kier alpha value is -2.96. The second kappa shape index (κ2) is 8.36. The highest BCUT2D eigenvalue weighted by atomic mass is 16.7. The summed E-state index contributed by atoms with van der Waals surface area (Å²) >= 11 is 0. The van der Waals surface area contributed by atoms with Crippen molar-refractivity contribution in [3.05, 3.63) is 72.3 Å². The van der Waals surface area contributed by atoms with E-state index in [9.17, 15) is 9.59 Å². The lowest BCUT2D eigenvalue weighted by Gasteiger charge is -2.46. The third-order valence-electron chi connectivity index (χ3n) is 7.91. The Bertz CT molecular complexity index is 1070. The molecule has 2 saturated heterocycles. The van der Waals surface area contributed by atoms with Crippen molar-refractivity contribution in [1.29, 1.82) is 0 Å². The van der Waals surface area contributed by atoms with Gasteiger partial charge in [0.25, 0.3) is 0 Å².